The number of aliphatic carboxylic acids is 1. The zero-order valence-corrected chi connectivity index (χ0v) is 14.1. The molecule has 26 heavy (non-hydrogen) atoms. The molecule has 1 unspecified atom stereocenters. The quantitative estimate of drug-likeness (QED) is 0.782. The molecule has 6 nitrogen and oxygen atoms in total. The van der Waals surface area contributed by atoms with Gasteiger partial charge in [0.05, 0.1) is 0 Å². The molecule has 1 N–H and O–H groups in total. The molecule has 4 rings (SSSR count). The lowest BCUT2D eigenvalue weighted by Crippen LogP contribution is -2.45. The van der Waals surface area contributed by atoms with E-state index in [0.29, 0.717) is 25.3 Å². The fourth-order valence-electron chi connectivity index (χ4n) is 3.29. The highest BCUT2D eigenvalue weighted by Crippen LogP contribution is 2.25. The Morgan fingerprint density at radius 2 is 1.77 bits per heavy atom. The highest BCUT2D eigenvalue weighted by atomic mass is 16.4. The van der Waals surface area contributed by atoms with Gasteiger partial charge in [0.1, 0.15) is 11.7 Å². The Bertz CT molecular complexity index is 913. The lowest BCUT2D eigenvalue weighted by molar-refractivity contribution is -0.144. The van der Waals surface area contributed by atoms with Gasteiger partial charge in [-0.15, -0.1) is 0 Å². The van der Waals surface area contributed by atoms with Crippen LogP contribution < -0.4 is 0 Å². The number of carboxylic acid groups (broad SMARTS) is 1. The molecule has 130 valence electrons. The van der Waals surface area contributed by atoms with Crippen LogP contribution in [0.15, 0.2) is 61.1 Å². The first kappa shape index (κ1) is 16.4. The predicted molar refractivity (Wildman–Crippen MR) is 96.1 cm³/mol. The van der Waals surface area contributed by atoms with Gasteiger partial charge in [0.15, 0.2) is 5.82 Å². The number of rotatable bonds is 4. The van der Waals surface area contributed by atoms with E-state index in [-0.39, 0.29) is 0 Å². The maximum absolute atomic E-state index is 11.7. The molecule has 1 atom stereocenters. The van der Waals surface area contributed by atoms with E-state index < -0.39 is 12.0 Å². The van der Waals surface area contributed by atoms with Gasteiger partial charge in [-0.2, -0.15) is 0 Å². The summed E-state index contributed by atoms with van der Waals surface area (Å²) in [5, 5.41) is 9.62. The van der Waals surface area contributed by atoms with Crippen LogP contribution in [0.5, 0.6) is 0 Å². The number of nitrogens with zero attached hydrogens (tertiary/aromatic N) is 4. The van der Waals surface area contributed by atoms with Crippen LogP contribution >= 0.6 is 0 Å². The van der Waals surface area contributed by atoms with Crippen LogP contribution in [0.3, 0.4) is 0 Å². The predicted octanol–water partition coefficient (Wildman–Crippen LogP) is 2.55. The van der Waals surface area contributed by atoms with E-state index in [1.165, 1.54) is 5.56 Å². The first-order chi connectivity index (χ1) is 12.7. The molecule has 1 aromatic carbocycles. The summed E-state index contributed by atoms with van der Waals surface area (Å²) < 4.78 is 0. The van der Waals surface area contributed by atoms with Crippen molar-refractivity contribution >= 4 is 5.97 Å². The number of pyridine rings is 1. The SMILES string of the molecule is O=C(O)C1Cc2ccccc2CN1Cc1cnc(-c2ccccn2)nc1. The maximum Gasteiger partial charge on any atom is 0.321 e. The van der Waals surface area contributed by atoms with Crippen molar-refractivity contribution in [1.29, 1.82) is 0 Å². The average molecular weight is 346 g/mol. The molecule has 0 bridgehead atoms. The molecule has 1 aliphatic heterocycles. The van der Waals surface area contributed by atoms with E-state index in [1.54, 1.807) is 18.6 Å². The smallest absolute Gasteiger partial charge is 0.321 e. The molecule has 1 aliphatic rings. The average Bonchev–Trinajstić information content (AvgIpc) is 2.68. The minimum Gasteiger partial charge on any atom is -0.480 e. The molecule has 3 aromatic rings. The summed E-state index contributed by atoms with van der Waals surface area (Å²) in [5.41, 5.74) is 3.89. The van der Waals surface area contributed by atoms with E-state index in [0.717, 1.165) is 16.8 Å². The van der Waals surface area contributed by atoms with Crippen LogP contribution in [-0.2, 0) is 24.3 Å². The summed E-state index contributed by atoms with van der Waals surface area (Å²) in [7, 11) is 0. The third kappa shape index (κ3) is 3.32. The van der Waals surface area contributed by atoms with Crippen LogP contribution in [0, 0.1) is 0 Å². The van der Waals surface area contributed by atoms with Gasteiger partial charge in [-0.05, 0) is 29.7 Å². The van der Waals surface area contributed by atoms with Gasteiger partial charge in [-0.1, -0.05) is 30.3 Å². The van der Waals surface area contributed by atoms with E-state index >= 15 is 0 Å². The summed E-state index contributed by atoms with van der Waals surface area (Å²) in [6.45, 7) is 1.10. The molecule has 0 amide bonds. The number of fused-ring (bicyclic) bond motifs is 1. The molecule has 0 radical (unpaired) electrons. The second-order valence-corrected chi connectivity index (χ2v) is 6.36. The summed E-state index contributed by atoms with van der Waals surface area (Å²) in [6.07, 6.45) is 5.71. The van der Waals surface area contributed by atoms with Crippen LogP contribution in [-0.4, -0.2) is 37.0 Å². The monoisotopic (exact) mass is 346 g/mol. The van der Waals surface area contributed by atoms with Gasteiger partial charge in [0, 0.05) is 37.2 Å². The first-order valence-electron chi connectivity index (χ1n) is 8.46. The Hall–Kier alpha value is -3.12. The molecule has 0 spiro atoms. The summed E-state index contributed by atoms with van der Waals surface area (Å²) in [4.78, 5) is 26.7. The maximum atomic E-state index is 11.7. The third-order valence-electron chi connectivity index (χ3n) is 4.62. The Labute approximate surface area is 151 Å². The van der Waals surface area contributed by atoms with Crippen molar-refractivity contribution in [1.82, 2.24) is 19.9 Å². The van der Waals surface area contributed by atoms with Crippen molar-refractivity contribution < 1.29 is 9.90 Å². The minimum atomic E-state index is -0.800. The highest BCUT2D eigenvalue weighted by Gasteiger charge is 2.31. The number of carboxylic acids is 1. The molecule has 6 heteroatoms. The molecule has 3 heterocycles. The van der Waals surface area contributed by atoms with Crippen LogP contribution in [0.1, 0.15) is 16.7 Å². The van der Waals surface area contributed by atoms with Crippen LogP contribution in [0.2, 0.25) is 0 Å². The number of benzene rings is 1. The lowest BCUT2D eigenvalue weighted by atomic mass is 9.93. The molecule has 2 aromatic heterocycles. The second kappa shape index (κ2) is 7.01. The lowest BCUT2D eigenvalue weighted by Gasteiger charge is -2.34. The van der Waals surface area contributed by atoms with Gasteiger partial charge in [0.2, 0.25) is 0 Å². The fraction of sp³-hybridized carbons (Fsp3) is 0.200. The van der Waals surface area contributed by atoms with Crippen molar-refractivity contribution in [3.05, 3.63) is 77.7 Å². The van der Waals surface area contributed by atoms with Crippen molar-refractivity contribution in [2.24, 2.45) is 0 Å². The molecule has 0 saturated carbocycles. The van der Waals surface area contributed by atoms with Crippen molar-refractivity contribution in [2.45, 2.75) is 25.6 Å². The highest BCUT2D eigenvalue weighted by molar-refractivity contribution is 5.74. The molecule has 0 saturated heterocycles. The summed E-state index contributed by atoms with van der Waals surface area (Å²) >= 11 is 0. The normalized spacial score (nSPS) is 16.8. The first-order valence-corrected chi connectivity index (χ1v) is 8.46. The number of aromatic nitrogens is 3. The molecular weight excluding hydrogens is 328 g/mol. The number of carbonyl (C=O) groups is 1. The molecule has 0 aliphatic carbocycles. The Balaban J connectivity index is 1.55. The zero-order valence-electron chi connectivity index (χ0n) is 14.1. The summed E-state index contributed by atoms with van der Waals surface area (Å²) in [6, 6.07) is 13.1. The van der Waals surface area contributed by atoms with Crippen LogP contribution in [0.4, 0.5) is 0 Å². The Kier molecular flexibility index (Phi) is 4.41. The van der Waals surface area contributed by atoms with Crippen molar-refractivity contribution in [3.63, 3.8) is 0 Å². The fourth-order valence-corrected chi connectivity index (χ4v) is 3.29. The van der Waals surface area contributed by atoms with Crippen molar-refractivity contribution in [3.8, 4) is 11.5 Å². The Morgan fingerprint density at radius 3 is 2.46 bits per heavy atom. The largest absolute Gasteiger partial charge is 0.480 e. The van der Waals surface area contributed by atoms with Gasteiger partial charge < -0.3 is 5.11 Å². The van der Waals surface area contributed by atoms with Crippen molar-refractivity contribution in [2.75, 3.05) is 0 Å². The number of hydrogen-bond donors (Lipinski definition) is 1. The zero-order chi connectivity index (χ0) is 17.9. The molecule has 0 fully saturated rings. The van der Waals surface area contributed by atoms with Gasteiger partial charge in [-0.25, -0.2) is 9.97 Å². The van der Waals surface area contributed by atoms with Gasteiger partial charge in [0.25, 0.3) is 0 Å². The standard InChI is InChI=1S/C20H18N4O2/c25-20(26)18-9-15-5-1-2-6-16(15)13-24(18)12-14-10-22-19(23-11-14)17-7-3-4-8-21-17/h1-8,10-11,18H,9,12-13H2,(H,25,26). The summed E-state index contributed by atoms with van der Waals surface area (Å²) in [5.74, 6) is -0.237. The minimum absolute atomic E-state index is 0.494. The van der Waals surface area contributed by atoms with E-state index in [4.69, 9.17) is 0 Å². The number of hydrogen-bond acceptors (Lipinski definition) is 5. The van der Waals surface area contributed by atoms with Crippen LogP contribution in [0.25, 0.3) is 11.5 Å². The second-order valence-electron chi connectivity index (χ2n) is 6.36. The molecular formula is C20H18N4O2. The van der Waals surface area contributed by atoms with Gasteiger partial charge >= 0.3 is 5.97 Å². The topological polar surface area (TPSA) is 79.2 Å². The van der Waals surface area contributed by atoms with E-state index in [9.17, 15) is 9.90 Å². The Morgan fingerprint density at radius 1 is 1.04 bits per heavy atom. The van der Waals surface area contributed by atoms with Gasteiger partial charge in [-0.3, -0.25) is 14.7 Å². The third-order valence-corrected chi connectivity index (χ3v) is 4.62. The van der Waals surface area contributed by atoms with E-state index in [1.807, 2.05) is 41.3 Å². The van der Waals surface area contributed by atoms with E-state index in [2.05, 4.69) is 21.0 Å².